The SMILES string of the molecule is CC(C)(O)CC[C@H](C[C@H](O)[C@H](Cc1cccc(F)c1)NC(=O)c1cnc2ccccc2n1)S(N)(=O)=O. The number of para-hydroxylation sites is 2. The number of hydrogen-bond donors (Lipinski definition) is 4. The van der Waals surface area contributed by atoms with Gasteiger partial charge in [-0.1, -0.05) is 24.3 Å². The smallest absolute Gasteiger partial charge is 0.271 e. The Bertz CT molecular complexity index is 1310. The third-order valence-corrected chi connectivity index (χ3v) is 7.21. The van der Waals surface area contributed by atoms with Gasteiger partial charge < -0.3 is 15.5 Å². The first-order valence-corrected chi connectivity index (χ1v) is 13.1. The van der Waals surface area contributed by atoms with E-state index in [1.165, 1.54) is 24.4 Å². The third-order valence-electron chi connectivity index (χ3n) is 5.85. The lowest BCUT2D eigenvalue weighted by Gasteiger charge is -2.28. The van der Waals surface area contributed by atoms with Crippen LogP contribution in [0.5, 0.6) is 0 Å². The van der Waals surface area contributed by atoms with Gasteiger partial charge in [-0.2, -0.15) is 0 Å². The molecular weight excluding hydrogens is 487 g/mol. The first kappa shape index (κ1) is 27.6. The van der Waals surface area contributed by atoms with Gasteiger partial charge in [-0.25, -0.2) is 22.9 Å². The fourth-order valence-corrected chi connectivity index (χ4v) is 4.79. The second kappa shape index (κ2) is 11.4. The summed E-state index contributed by atoms with van der Waals surface area (Å²) in [6, 6.07) is 11.7. The number of amides is 1. The van der Waals surface area contributed by atoms with Crippen LogP contribution in [0.3, 0.4) is 0 Å². The monoisotopic (exact) mass is 518 g/mol. The summed E-state index contributed by atoms with van der Waals surface area (Å²) in [4.78, 5) is 21.6. The fourth-order valence-electron chi connectivity index (χ4n) is 3.87. The van der Waals surface area contributed by atoms with Crippen molar-refractivity contribution in [2.45, 2.75) is 62.5 Å². The van der Waals surface area contributed by atoms with Crippen LogP contribution in [-0.2, 0) is 16.4 Å². The lowest BCUT2D eigenvalue weighted by atomic mass is 9.94. The number of benzene rings is 2. The van der Waals surface area contributed by atoms with Gasteiger partial charge in [0.1, 0.15) is 11.5 Å². The molecule has 11 heteroatoms. The van der Waals surface area contributed by atoms with E-state index in [4.69, 9.17) is 5.14 Å². The molecule has 0 fully saturated rings. The van der Waals surface area contributed by atoms with Gasteiger partial charge in [-0.15, -0.1) is 0 Å². The van der Waals surface area contributed by atoms with Crippen LogP contribution in [0.25, 0.3) is 11.0 Å². The summed E-state index contributed by atoms with van der Waals surface area (Å²) in [6.07, 6.45) is -0.173. The zero-order valence-electron chi connectivity index (χ0n) is 20.1. The molecule has 5 N–H and O–H groups in total. The largest absolute Gasteiger partial charge is 0.391 e. The van der Waals surface area contributed by atoms with Crippen molar-refractivity contribution < 1.29 is 27.8 Å². The number of aliphatic hydroxyl groups is 2. The van der Waals surface area contributed by atoms with Crippen molar-refractivity contribution >= 4 is 27.0 Å². The van der Waals surface area contributed by atoms with E-state index in [1.54, 1.807) is 44.2 Å². The maximum absolute atomic E-state index is 13.8. The molecule has 2 aromatic carbocycles. The summed E-state index contributed by atoms with van der Waals surface area (Å²) in [5.74, 6) is -1.11. The van der Waals surface area contributed by atoms with Crippen LogP contribution < -0.4 is 10.5 Å². The number of rotatable bonds is 11. The topological polar surface area (TPSA) is 156 Å². The lowest BCUT2D eigenvalue weighted by molar-refractivity contribution is 0.0641. The van der Waals surface area contributed by atoms with Crippen molar-refractivity contribution in [2.75, 3.05) is 0 Å². The molecular formula is C25H31FN4O5S. The molecule has 3 aromatic rings. The standard InChI is InChI=1S/C25H31FN4O5S/c1-25(2,33)11-10-18(36(27,34)35)14-23(31)21(13-16-6-5-7-17(26)12-16)30-24(32)22-15-28-19-8-3-4-9-20(19)29-22/h3-9,12,15,18,21,23,31,33H,10-11,13-14H2,1-2H3,(H,30,32)(H2,27,34,35)/t18-,21+,23+/m1/s1. The Balaban J connectivity index is 1.85. The number of fused-ring (bicyclic) bond motifs is 1. The first-order valence-electron chi connectivity index (χ1n) is 11.5. The number of carbonyl (C=O) groups excluding carboxylic acids is 1. The quantitative estimate of drug-likeness (QED) is 0.303. The molecule has 9 nitrogen and oxygen atoms in total. The van der Waals surface area contributed by atoms with E-state index in [9.17, 15) is 27.8 Å². The number of aromatic nitrogens is 2. The average molecular weight is 519 g/mol. The van der Waals surface area contributed by atoms with Crippen LogP contribution in [0.4, 0.5) is 4.39 Å². The van der Waals surface area contributed by atoms with Crippen molar-refractivity contribution in [1.82, 2.24) is 15.3 Å². The Kier molecular flexibility index (Phi) is 8.72. The Labute approximate surface area is 209 Å². The molecule has 0 unspecified atom stereocenters. The summed E-state index contributed by atoms with van der Waals surface area (Å²) < 4.78 is 38.2. The molecule has 194 valence electrons. The lowest BCUT2D eigenvalue weighted by Crippen LogP contribution is -2.47. The molecule has 1 heterocycles. The van der Waals surface area contributed by atoms with Crippen LogP contribution in [0.1, 0.15) is 49.2 Å². The molecule has 0 saturated carbocycles. The molecule has 3 rings (SSSR count). The van der Waals surface area contributed by atoms with E-state index in [1.807, 2.05) is 0 Å². The minimum absolute atomic E-state index is 0.00942. The maximum Gasteiger partial charge on any atom is 0.271 e. The molecule has 0 saturated heterocycles. The summed E-state index contributed by atoms with van der Waals surface area (Å²) in [5, 5.41) is 28.0. The minimum Gasteiger partial charge on any atom is -0.391 e. The van der Waals surface area contributed by atoms with Crippen molar-refractivity contribution in [1.29, 1.82) is 0 Å². The predicted molar refractivity (Wildman–Crippen MR) is 134 cm³/mol. The fraction of sp³-hybridized carbons (Fsp3) is 0.400. The Morgan fingerprint density at radius 3 is 2.50 bits per heavy atom. The number of nitrogens with two attached hydrogens (primary N) is 1. The molecule has 0 aliphatic carbocycles. The highest BCUT2D eigenvalue weighted by molar-refractivity contribution is 7.89. The maximum atomic E-state index is 13.8. The molecule has 1 amide bonds. The number of nitrogens with zero attached hydrogens (tertiary/aromatic N) is 2. The molecule has 0 radical (unpaired) electrons. The van der Waals surface area contributed by atoms with Crippen molar-refractivity contribution in [3.05, 3.63) is 71.8 Å². The molecule has 0 aliphatic heterocycles. The number of aliphatic hydroxyl groups excluding tert-OH is 1. The van der Waals surface area contributed by atoms with Crippen LogP contribution in [-0.4, -0.2) is 57.5 Å². The highest BCUT2D eigenvalue weighted by Gasteiger charge is 2.31. The van der Waals surface area contributed by atoms with Crippen molar-refractivity contribution in [3.8, 4) is 0 Å². The summed E-state index contributed by atoms with van der Waals surface area (Å²) in [7, 11) is -4.07. The van der Waals surface area contributed by atoms with Gasteiger partial charge in [0.2, 0.25) is 10.0 Å². The van der Waals surface area contributed by atoms with E-state index in [2.05, 4.69) is 15.3 Å². The van der Waals surface area contributed by atoms with Gasteiger partial charge in [0.25, 0.3) is 5.91 Å². The number of hydrogen-bond acceptors (Lipinski definition) is 7. The van der Waals surface area contributed by atoms with Gasteiger partial charge in [0.05, 0.1) is 40.2 Å². The molecule has 0 aliphatic rings. The van der Waals surface area contributed by atoms with Crippen molar-refractivity contribution in [3.63, 3.8) is 0 Å². The highest BCUT2D eigenvalue weighted by Crippen LogP contribution is 2.21. The normalized spacial score (nSPS) is 14.8. The van der Waals surface area contributed by atoms with E-state index >= 15 is 0 Å². The molecule has 0 bridgehead atoms. The third kappa shape index (κ3) is 8.02. The molecule has 3 atom stereocenters. The van der Waals surface area contributed by atoms with E-state index in [0.717, 1.165) is 0 Å². The van der Waals surface area contributed by atoms with Gasteiger partial charge in [-0.3, -0.25) is 9.78 Å². The number of nitrogens with one attached hydrogen (secondary N) is 1. The Morgan fingerprint density at radius 2 is 1.86 bits per heavy atom. The predicted octanol–water partition coefficient (Wildman–Crippen LogP) is 2.07. The molecule has 1 aromatic heterocycles. The van der Waals surface area contributed by atoms with Gasteiger partial charge in [0.15, 0.2) is 0 Å². The summed E-state index contributed by atoms with van der Waals surface area (Å²) in [6.45, 7) is 3.09. The number of primary sulfonamides is 1. The van der Waals surface area contributed by atoms with Crippen LogP contribution in [0, 0.1) is 5.82 Å². The Morgan fingerprint density at radius 1 is 1.17 bits per heavy atom. The van der Waals surface area contributed by atoms with Gasteiger partial charge >= 0.3 is 0 Å². The van der Waals surface area contributed by atoms with E-state index < -0.39 is 44.7 Å². The van der Waals surface area contributed by atoms with Crippen LogP contribution >= 0.6 is 0 Å². The van der Waals surface area contributed by atoms with Crippen LogP contribution in [0.15, 0.2) is 54.7 Å². The average Bonchev–Trinajstić information content (AvgIpc) is 2.79. The zero-order chi connectivity index (χ0) is 26.5. The van der Waals surface area contributed by atoms with Gasteiger partial charge in [-0.05, 0) is 69.4 Å². The summed E-state index contributed by atoms with van der Waals surface area (Å²) >= 11 is 0. The molecule has 0 spiro atoms. The second-order valence-electron chi connectivity index (χ2n) is 9.52. The number of halogens is 1. The van der Waals surface area contributed by atoms with Crippen molar-refractivity contribution in [2.24, 2.45) is 5.14 Å². The number of carbonyl (C=O) groups is 1. The summed E-state index contributed by atoms with van der Waals surface area (Å²) in [5.41, 5.74) is 0.488. The minimum atomic E-state index is -4.07. The second-order valence-corrected chi connectivity index (χ2v) is 11.4. The zero-order valence-corrected chi connectivity index (χ0v) is 21.0. The van der Waals surface area contributed by atoms with Gasteiger partial charge in [0, 0.05) is 0 Å². The van der Waals surface area contributed by atoms with E-state index in [0.29, 0.717) is 16.6 Å². The molecule has 36 heavy (non-hydrogen) atoms. The van der Waals surface area contributed by atoms with E-state index in [-0.39, 0.29) is 31.4 Å². The highest BCUT2D eigenvalue weighted by atomic mass is 32.2. The Hall–Kier alpha value is -2.99. The number of sulfonamides is 1. The first-order chi connectivity index (χ1) is 16.8. The van der Waals surface area contributed by atoms with Crippen LogP contribution in [0.2, 0.25) is 0 Å².